The van der Waals surface area contributed by atoms with Crippen molar-refractivity contribution in [2.75, 3.05) is 38.2 Å². The molecule has 156 valence electrons. The SMILES string of the molecule is CN=C(NCc1ccc(N2CCOC(C)C2)nc1)NCC1(CC(C)C)CCC1. The van der Waals surface area contributed by atoms with E-state index >= 15 is 0 Å². The minimum Gasteiger partial charge on any atom is -0.375 e. The van der Waals surface area contributed by atoms with Crippen LogP contribution in [0.2, 0.25) is 0 Å². The van der Waals surface area contributed by atoms with Gasteiger partial charge in [-0.3, -0.25) is 4.99 Å². The fourth-order valence-electron chi connectivity index (χ4n) is 4.41. The number of guanidine groups is 1. The van der Waals surface area contributed by atoms with E-state index < -0.39 is 0 Å². The molecule has 3 rings (SSSR count). The number of pyridine rings is 1. The zero-order valence-electron chi connectivity index (χ0n) is 18.0. The molecule has 6 nitrogen and oxygen atoms in total. The van der Waals surface area contributed by atoms with E-state index in [2.05, 4.69) is 58.4 Å². The topological polar surface area (TPSA) is 61.8 Å². The molecule has 1 aliphatic carbocycles. The first kappa shape index (κ1) is 20.9. The zero-order valence-corrected chi connectivity index (χ0v) is 18.0. The van der Waals surface area contributed by atoms with Crippen molar-refractivity contribution in [1.29, 1.82) is 0 Å². The van der Waals surface area contributed by atoms with Gasteiger partial charge in [0.05, 0.1) is 12.7 Å². The third-order valence-electron chi connectivity index (χ3n) is 5.94. The van der Waals surface area contributed by atoms with E-state index in [0.717, 1.165) is 56.0 Å². The molecule has 2 aliphatic rings. The second-order valence-corrected chi connectivity index (χ2v) is 8.88. The number of aromatic nitrogens is 1. The van der Waals surface area contributed by atoms with E-state index in [1.54, 1.807) is 0 Å². The summed E-state index contributed by atoms with van der Waals surface area (Å²) in [6.45, 7) is 11.1. The van der Waals surface area contributed by atoms with Crippen molar-refractivity contribution in [3.8, 4) is 0 Å². The molecule has 1 aliphatic heterocycles. The number of nitrogens with one attached hydrogen (secondary N) is 2. The normalized spacial score (nSPS) is 22.1. The Morgan fingerprint density at radius 3 is 2.75 bits per heavy atom. The smallest absolute Gasteiger partial charge is 0.191 e. The van der Waals surface area contributed by atoms with Crippen LogP contribution in [0.25, 0.3) is 0 Å². The van der Waals surface area contributed by atoms with Gasteiger partial charge in [-0.1, -0.05) is 26.3 Å². The number of aliphatic imine (C=N–C) groups is 1. The van der Waals surface area contributed by atoms with E-state index in [-0.39, 0.29) is 6.10 Å². The van der Waals surface area contributed by atoms with Crippen LogP contribution in [0.4, 0.5) is 5.82 Å². The predicted octanol–water partition coefficient (Wildman–Crippen LogP) is 3.19. The third-order valence-corrected chi connectivity index (χ3v) is 5.94. The number of rotatable bonds is 7. The summed E-state index contributed by atoms with van der Waals surface area (Å²) < 4.78 is 5.61. The van der Waals surface area contributed by atoms with Gasteiger partial charge in [0.25, 0.3) is 0 Å². The molecule has 0 radical (unpaired) electrons. The number of nitrogens with zero attached hydrogens (tertiary/aromatic N) is 3. The summed E-state index contributed by atoms with van der Waals surface area (Å²) in [6.07, 6.45) is 7.55. The Labute approximate surface area is 170 Å². The van der Waals surface area contributed by atoms with Gasteiger partial charge in [0.15, 0.2) is 5.96 Å². The number of hydrogen-bond acceptors (Lipinski definition) is 4. The Bertz CT molecular complexity index is 639. The summed E-state index contributed by atoms with van der Waals surface area (Å²) in [4.78, 5) is 11.3. The second-order valence-electron chi connectivity index (χ2n) is 8.88. The average Bonchev–Trinajstić information content (AvgIpc) is 2.66. The first-order chi connectivity index (χ1) is 13.5. The van der Waals surface area contributed by atoms with Gasteiger partial charge in [-0.2, -0.15) is 0 Å². The first-order valence-electron chi connectivity index (χ1n) is 10.8. The Hall–Kier alpha value is -1.82. The van der Waals surface area contributed by atoms with Crippen LogP contribution < -0.4 is 15.5 Å². The van der Waals surface area contributed by atoms with Crippen LogP contribution in [0.1, 0.15) is 52.0 Å². The van der Waals surface area contributed by atoms with Crippen LogP contribution in [0, 0.1) is 11.3 Å². The van der Waals surface area contributed by atoms with Crippen molar-refractivity contribution in [1.82, 2.24) is 15.6 Å². The third kappa shape index (κ3) is 5.60. The van der Waals surface area contributed by atoms with Crippen LogP contribution in [-0.2, 0) is 11.3 Å². The molecule has 0 spiro atoms. The lowest BCUT2D eigenvalue weighted by Gasteiger charge is -2.43. The number of ether oxygens (including phenoxy) is 1. The summed E-state index contributed by atoms with van der Waals surface area (Å²) >= 11 is 0. The van der Waals surface area contributed by atoms with Crippen LogP contribution >= 0.6 is 0 Å². The highest BCUT2D eigenvalue weighted by atomic mass is 16.5. The zero-order chi connectivity index (χ0) is 20.0. The highest BCUT2D eigenvalue weighted by Gasteiger charge is 2.37. The maximum absolute atomic E-state index is 5.61. The van der Waals surface area contributed by atoms with E-state index in [9.17, 15) is 0 Å². The van der Waals surface area contributed by atoms with Gasteiger partial charge in [0.1, 0.15) is 5.82 Å². The van der Waals surface area contributed by atoms with Crippen LogP contribution in [-0.4, -0.2) is 50.3 Å². The lowest BCUT2D eigenvalue weighted by Crippen LogP contribution is -2.46. The quantitative estimate of drug-likeness (QED) is 0.556. The molecular weight excluding hydrogens is 350 g/mol. The molecule has 2 fully saturated rings. The van der Waals surface area contributed by atoms with Gasteiger partial charge >= 0.3 is 0 Å². The Kier molecular flexibility index (Phi) is 7.16. The van der Waals surface area contributed by atoms with Gasteiger partial charge in [0, 0.05) is 39.4 Å². The molecule has 0 amide bonds. The van der Waals surface area contributed by atoms with Crippen LogP contribution in [0.5, 0.6) is 0 Å². The Morgan fingerprint density at radius 1 is 1.36 bits per heavy atom. The molecule has 1 saturated carbocycles. The van der Waals surface area contributed by atoms with Crippen molar-refractivity contribution >= 4 is 11.8 Å². The molecule has 2 N–H and O–H groups in total. The molecule has 1 aromatic rings. The summed E-state index contributed by atoms with van der Waals surface area (Å²) in [6, 6.07) is 4.26. The van der Waals surface area contributed by atoms with Crippen LogP contribution in [0.3, 0.4) is 0 Å². The molecular formula is C22H37N5O. The van der Waals surface area contributed by atoms with Crippen molar-refractivity contribution in [3.05, 3.63) is 23.9 Å². The monoisotopic (exact) mass is 387 g/mol. The molecule has 1 atom stereocenters. The molecule has 1 aromatic heterocycles. The van der Waals surface area contributed by atoms with E-state index in [1.165, 1.54) is 25.7 Å². The van der Waals surface area contributed by atoms with Gasteiger partial charge in [0.2, 0.25) is 0 Å². The molecule has 2 heterocycles. The summed E-state index contributed by atoms with van der Waals surface area (Å²) in [7, 11) is 1.84. The average molecular weight is 388 g/mol. The van der Waals surface area contributed by atoms with Crippen molar-refractivity contribution < 1.29 is 4.74 Å². The number of anilines is 1. The highest BCUT2D eigenvalue weighted by molar-refractivity contribution is 5.79. The Morgan fingerprint density at radius 2 is 2.18 bits per heavy atom. The van der Waals surface area contributed by atoms with Crippen LogP contribution in [0.15, 0.2) is 23.3 Å². The van der Waals surface area contributed by atoms with Gasteiger partial charge in [-0.25, -0.2) is 4.98 Å². The predicted molar refractivity (Wildman–Crippen MR) is 116 cm³/mol. The second kappa shape index (κ2) is 9.59. The summed E-state index contributed by atoms with van der Waals surface area (Å²) in [5.74, 6) is 2.65. The van der Waals surface area contributed by atoms with Crippen molar-refractivity contribution in [3.63, 3.8) is 0 Å². The minimum atomic E-state index is 0.265. The molecule has 0 aromatic carbocycles. The largest absolute Gasteiger partial charge is 0.375 e. The first-order valence-corrected chi connectivity index (χ1v) is 10.8. The fraction of sp³-hybridized carbons (Fsp3) is 0.727. The van der Waals surface area contributed by atoms with Crippen molar-refractivity contribution in [2.45, 2.75) is 59.1 Å². The summed E-state index contributed by atoms with van der Waals surface area (Å²) in [5.41, 5.74) is 1.62. The van der Waals surface area contributed by atoms with Gasteiger partial charge < -0.3 is 20.3 Å². The lowest BCUT2D eigenvalue weighted by molar-refractivity contribution is 0.0529. The molecule has 28 heavy (non-hydrogen) atoms. The maximum Gasteiger partial charge on any atom is 0.191 e. The molecule has 6 heteroatoms. The fourth-order valence-corrected chi connectivity index (χ4v) is 4.41. The maximum atomic E-state index is 5.61. The number of morpholine rings is 1. The van der Waals surface area contributed by atoms with E-state index in [1.807, 2.05) is 13.2 Å². The minimum absolute atomic E-state index is 0.265. The van der Waals surface area contributed by atoms with E-state index in [4.69, 9.17) is 4.74 Å². The lowest BCUT2D eigenvalue weighted by atomic mass is 9.64. The standard InChI is InChI=1S/C22H37N5O/c1-17(2)12-22(8-5-9-22)16-26-21(23-4)25-14-19-6-7-20(24-13-19)27-10-11-28-18(3)15-27/h6-7,13,17-18H,5,8-12,14-16H2,1-4H3,(H2,23,25,26). The van der Waals surface area contributed by atoms with Gasteiger partial charge in [-0.15, -0.1) is 0 Å². The van der Waals surface area contributed by atoms with Gasteiger partial charge in [-0.05, 0) is 49.1 Å². The summed E-state index contributed by atoms with van der Waals surface area (Å²) in [5, 5.41) is 6.98. The molecule has 1 saturated heterocycles. The molecule has 1 unspecified atom stereocenters. The van der Waals surface area contributed by atoms with Crippen molar-refractivity contribution in [2.24, 2.45) is 16.3 Å². The molecule has 0 bridgehead atoms. The highest BCUT2D eigenvalue weighted by Crippen LogP contribution is 2.45. The number of hydrogen-bond donors (Lipinski definition) is 2. The Balaban J connectivity index is 1.47. The van der Waals surface area contributed by atoms with E-state index in [0.29, 0.717) is 5.41 Å².